The number of nitrogens with zero attached hydrogens (tertiary/aromatic N) is 2. The van der Waals surface area contributed by atoms with Gasteiger partial charge < -0.3 is 10.2 Å². The third kappa shape index (κ3) is 5.87. The summed E-state index contributed by atoms with van der Waals surface area (Å²) in [6, 6.07) is 11.8. The lowest BCUT2D eigenvalue weighted by Gasteiger charge is -2.34. The Bertz CT molecular complexity index is 1010. The number of benzene rings is 2. The van der Waals surface area contributed by atoms with Gasteiger partial charge in [-0.3, -0.25) is 4.79 Å². The van der Waals surface area contributed by atoms with Crippen LogP contribution >= 0.6 is 34.8 Å². The molecule has 1 N–H and O–H groups in total. The average molecular weight is 491 g/mol. The van der Waals surface area contributed by atoms with Crippen LogP contribution in [0, 0.1) is 0 Å². The standard InChI is InChI=1S/C20H22Cl3N3O3S/c21-16-5-6-18(23)19(13-16)30(28,29)26-11-9-25(10-12-26)8-7-20(27)24-14-15-3-1-2-4-17(15)22/h1-6,13H,7-12,14H2,(H,24,27). The van der Waals surface area contributed by atoms with E-state index in [0.717, 1.165) is 5.56 Å². The van der Waals surface area contributed by atoms with Gasteiger partial charge in [-0.2, -0.15) is 4.31 Å². The monoisotopic (exact) mass is 489 g/mol. The normalized spacial score (nSPS) is 15.8. The van der Waals surface area contributed by atoms with Crippen LogP contribution in [-0.4, -0.2) is 56.3 Å². The number of hydrogen-bond acceptors (Lipinski definition) is 4. The van der Waals surface area contributed by atoms with Crippen molar-refractivity contribution in [2.24, 2.45) is 0 Å². The molecule has 1 amide bonds. The van der Waals surface area contributed by atoms with Crippen molar-refractivity contribution in [1.82, 2.24) is 14.5 Å². The number of piperazine rings is 1. The third-order valence-electron chi connectivity index (χ3n) is 4.93. The molecule has 6 nitrogen and oxygen atoms in total. The maximum Gasteiger partial charge on any atom is 0.244 e. The predicted molar refractivity (Wildman–Crippen MR) is 120 cm³/mol. The number of sulfonamides is 1. The number of nitrogens with one attached hydrogen (secondary N) is 1. The average Bonchev–Trinajstić information content (AvgIpc) is 2.73. The molecule has 1 aliphatic heterocycles. The Labute approximate surface area is 191 Å². The molecular weight excluding hydrogens is 469 g/mol. The van der Waals surface area contributed by atoms with Gasteiger partial charge in [-0.1, -0.05) is 53.0 Å². The first-order valence-electron chi connectivity index (χ1n) is 9.45. The number of amides is 1. The number of hydrogen-bond donors (Lipinski definition) is 1. The molecular formula is C20H22Cl3N3O3S. The molecule has 162 valence electrons. The van der Waals surface area contributed by atoms with Gasteiger partial charge in [0, 0.05) is 55.7 Å². The van der Waals surface area contributed by atoms with Crippen LogP contribution in [0.4, 0.5) is 0 Å². The minimum Gasteiger partial charge on any atom is -0.352 e. The zero-order valence-corrected chi connectivity index (χ0v) is 19.2. The molecule has 0 spiro atoms. The predicted octanol–water partition coefficient (Wildman–Crippen LogP) is 3.66. The van der Waals surface area contributed by atoms with Crippen molar-refractivity contribution in [2.45, 2.75) is 17.9 Å². The lowest BCUT2D eigenvalue weighted by molar-refractivity contribution is -0.121. The molecule has 0 atom stereocenters. The highest BCUT2D eigenvalue weighted by molar-refractivity contribution is 7.89. The summed E-state index contributed by atoms with van der Waals surface area (Å²) >= 11 is 18.1. The summed E-state index contributed by atoms with van der Waals surface area (Å²) in [5, 5.41) is 3.95. The van der Waals surface area contributed by atoms with Crippen molar-refractivity contribution < 1.29 is 13.2 Å². The van der Waals surface area contributed by atoms with E-state index in [0.29, 0.717) is 55.7 Å². The van der Waals surface area contributed by atoms with Crippen LogP contribution < -0.4 is 5.32 Å². The molecule has 1 heterocycles. The second kappa shape index (κ2) is 10.3. The van der Waals surface area contributed by atoms with E-state index >= 15 is 0 Å². The summed E-state index contributed by atoms with van der Waals surface area (Å²) < 4.78 is 27.1. The molecule has 30 heavy (non-hydrogen) atoms. The molecule has 2 aromatic carbocycles. The lowest BCUT2D eigenvalue weighted by atomic mass is 10.2. The summed E-state index contributed by atoms with van der Waals surface area (Å²) in [5.41, 5.74) is 0.867. The Morgan fingerprint density at radius 3 is 2.37 bits per heavy atom. The minimum absolute atomic E-state index is 0.0177. The molecule has 0 bridgehead atoms. The first-order chi connectivity index (χ1) is 14.3. The van der Waals surface area contributed by atoms with Gasteiger partial charge in [-0.25, -0.2) is 8.42 Å². The Morgan fingerprint density at radius 1 is 0.967 bits per heavy atom. The highest BCUT2D eigenvalue weighted by Gasteiger charge is 2.30. The van der Waals surface area contributed by atoms with E-state index in [4.69, 9.17) is 34.8 Å². The van der Waals surface area contributed by atoms with E-state index in [1.54, 1.807) is 12.1 Å². The smallest absolute Gasteiger partial charge is 0.244 e. The summed E-state index contributed by atoms with van der Waals surface area (Å²) in [4.78, 5) is 14.2. The van der Waals surface area contributed by atoms with Gasteiger partial charge in [0.25, 0.3) is 0 Å². The molecule has 0 aliphatic carbocycles. The van der Waals surface area contributed by atoms with Crippen molar-refractivity contribution in [3.63, 3.8) is 0 Å². The molecule has 1 fully saturated rings. The fourth-order valence-electron chi connectivity index (χ4n) is 3.19. The van der Waals surface area contributed by atoms with Gasteiger partial charge in [0.1, 0.15) is 4.90 Å². The van der Waals surface area contributed by atoms with Crippen molar-refractivity contribution in [1.29, 1.82) is 0 Å². The third-order valence-corrected chi connectivity index (χ3v) is 7.92. The first kappa shape index (κ1) is 23.3. The van der Waals surface area contributed by atoms with Crippen LogP contribution in [0.1, 0.15) is 12.0 Å². The number of carbonyl (C=O) groups excluding carboxylic acids is 1. The minimum atomic E-state index is -3.71. The van der Waals surface area contributed by atoms with E-state index in [1.165, 1.54) is 16.4 Å². The van der Waals surface area contributed by atoms with Gasteiger partial charge in [-0.15, -0.1) is 0 Å². The molecule has 1 aliphatic rings. The molecule has 2 aromatic rings. The van der Waals surface area contributed by atoms with Crippen LogP contribution in [-0.2, 0) is 21.4 Å². The Hall–Kier alpha value is -1.35. The topological polar surface area (TPSA) is 69.7 Å². The molecule has 1 saturated heterocycles. The zero-order chi connectivity index (χ0) is 21.7. The van der Waals surface area contributed by atoms with Crippen molar-refractivity contribution in [3.05, 3.63) is 63.1 Å². The van der Waals surface area contributed by atoms with Gasteiger partial charge >= 0.3 is 0 Å². The Kier molecular flexibility index (Phi) is 8.01. The van der Waals surface area contributed by atoms with Gasteiger partial charge in [0.05, 0.1) is 5.02 Å². The molecule has 10 heteroatoms. The lowest BCUT2D eigenvalue weighted by Crippen LogP contribution is -2.49. The molecule has 0 aromatic heterocycles. The Balaban J connectivity index is 1.47. The number of carbonyl (C=O) groups is 1. The highest BCUT2D eigenvalue weighted by Crippen LogP contribution is 2.28. The highest BCUT2D eigenvalue weighted by atomic mass is 35.5. The van der Waals surface area contributed by atoms with Gasteiger partial charge in [0.15, 0.2) is 0 Å². The summed E-state index contributed by atoms with van der Waals surface area (Å²) in [6.07, 6.45) is 0.331. The Morgan fingerprint density at radius 2 is 1.67 bits per heavy atom. The van der Waals surface area contributed by atoms with E-state index in [1.807, 2.05) is 18.2 Å². The summed E-state index contributed by atoms with van der Waals surface area (Å²) in [7, 11) is -3.71. The van der Waals surface area contributed by atoms with E-state index in [-0.39, 0.29) is 15.8 Å². The largest absolute Gasteiger partial charge is 0.352 e. The van der Waals surface area contributed by atoms with Crippen LogP contribution in [0.3, 0.4) is 0 Å². The van der Waals surface area contributed by atoms with Crippen LogP contribution in [0.2, 0.25) is 15.1 Å². The van der Waals surface area contributed by atoms with Crippen molar-refractivity contribution >= 4 is 50.7 Å². The number of halogens is 3. The molecule has 3 rings (SSSR count). The summed E-state index contributed by atoms with van der Waals surface area (Å²) in [5.74, 6) is -0.0734. The van der Waals surface area contributed by atoms with Crippen LogP contribution in [0.5, 0.6) is 0 Å². The van der Waals surface area contributed by atoms with E-state index in [9.17, 15) is 13.2 Å². The van der Waals surface area contributed by atoms with Gasteiger partial charge in [0.2, 0.25) is 15.9 Å². The molecule has 0 radical (unpaired) electrons. The fraction of sp³-hybridized carbons (Fsp3) is 0.350. The maximum absolute atomic E-state index is 12.9. The SMILES string of the molecule is O=C(CCN1CCN(S(=O)(=O)c2cc(Cl)ccc2Cl)CC1)NCc1ccccc1Cl. The number of rotatable bonds is 7. The van der Waals surface area contributed by atoms with Gasteiger partial charge in [-0.05, 0) is 29.8 Å². The second-order valence-electron chi connectivity index (χ2n) is 6.94. The quantitative estimate of drug-likeness (QED) is 0.643. The van der Waals surface area contributed by atoms with E-state index < -0.39 is 10.0 Å². The summed E-state index contributed by atoms with van der Waals surface area (Å²) in [6.45, 7) is 2.66. The zero-order valence-electron chi connectivity index (χ0n) is 16.2. The second-order valence-corrected chi connectivity index (χ2v) is 10.1. The van der Waals surface area contributed by atoms with Crippen molar-refractivity contribution in [2.75, 3.05) is 32.7 Å². The van der Waals surface area contributed by atoms with E-state index in [2.05, 4.69) is 10.2 Å². The van der Waals surface area contributed by atoms with Crippen LogP contribution in [0.15, 0.2) is 47.4 Å². The van der Waals surface area contributed by atoms with Crippen LogP contribution in [0.25, 0.3) is 0 Å². The molecule has 0 saturated carbocycles. The maximum atomic E-state index is 12.9. The fourth-order valence-corrected chi connectivity index (χ4v) is 5.55. The molecule has 0 unspecified atom stereocenters. The first-order valence-corrected chi connectivity index (χ1v) is 12.0. The van der Waals surface area contributed by atoms with Crippen molar-refractivity contribution in [3.8, 4) is 0 Å².